The van der Waals surface area contributed by atoms with E-state index >= 15 is 0 Å². The van der Waals surface area contributed by atoms with Crippen molar-refractivity contribution in [2.24, 2.45) is 0 Å². The summed E-state index contributed by atoms with van der Waals surface area (Å²) in [5.74, 6) is -1.32. The Morgan fingerprint density at radius 1 is 0.597 bits per heavy atom. The molecule has 1 saturated carbocycles. The van der Waals surface area contributed by atoms with Crippen LogP contribution >= 0.6 is 7.82 Å². The summed E-state index contributed by atoms with van der Waals surface area (Å²) < 4.78 is 33.4. The normalized spacial score (nSPS) is 23.0. The van der Waals surface area contributed by atoms with Gasteiger partial charge in [0.05, 0.1) is 12.7 Å². The van der Waals surface area contributed by atoms with Gasteiger partial charge in [-0.1, -0.05) is 138 Å². The second-order valence-electron chi connectivity index (χ2n) is 15.7. The van der Waals surface area contributed by atoms with Gasteiger partial charge in [0.1, 0.15) is 43.2 Å². The number of carbonyl (C=O) groups is 2. The number of aliphatic hydroxyl groups is 6. The number of esters is 2. The van der Waals surface area contributed by atoms with Crippen LogP contribution in [0.4, 0.5) is 0 Å². The number of ether oxygens (including phenoxy) is 2. The lowest BCUT2D eigenvalue weighted by molar-refractivity contribution is -0.220. The third-order valence-corrected chi connectivity index (χ3v) is 11.1. The molecule has 0 aromatic heterocycles. The van der Waals surface area contributed by atoms with Crippen LogP contribution in [0.25, 0.3) is 0 Å². The molecule has 14 nitrogen and oxygen atoms in total. The molecule has 1 rings (SSSR count). The van der Waals surface area contributed by atoms with E-state index in [1.54, 1.807) is 12.2 Å². The molecule has 0 aliphatic heterocycles. The van der Waals surface area contributed by atoms with E-state index in [1.807, 2.05) is 12.2 Å². The monoisotopic (exact) mass is 899 g/mol. The number of aliphatic hydroxyl groups excluding tert-OH is 6. The predicted molar refractivity (Wildman–Crippen MR) is 241 cm³/mol. The molecule has 1 fully saturated rings. The third-order valence-electron chi connectivity index (χ3n) is 10.1. The van der Waals surface area contributed by atoms with Crippen LogP contribution in [-0.4, -0.2) is 110 Å². The Morgan fingerprint density at radius 2 is 1.11 bits per heavy atom. The molecule has 0 spiro atoms. The van der Waals surface area contributed by atoms with Crippen molar-refractivity contribution in [3.05, 3.63) is 72.9 Å². The molecule has 1 aliphatic carbocycles. The maximum atomic E-state index is 12.8. The average Bonchev–Trinajstić information content (AvgIpc) is 3.25. The van der Waals surface area contributed by atoms with Gasteiger partial charge in [-0.2, -0.15) is 0 Å². The molecule has 0 bridgehead atoms. The van der Waals surface area contributed by atoms with Crippen molar-refractivity contribution in [1.29, 1.82) is 0 Å². The second-order valence-corrected chi connectivity index (χ2v) is 17.1. The predicted octanol–water partition coefficient (Wildman–Crippen LogP) is 7.69. The van der Waals surface area contributed by atoms with E-state index in [4.69, 9.17) is 18.5 Å². The van der Waals surface area contributed by atoms with Crippen LogP contribution in [0.1, 0.15) is 149 Å². The van der Waals surface area contributed by atoms with E-state index in [0.717, 1.165) is 77.0 Å². The first-order valence-corrected chi connectivity index (χ1v) is 24.3. The average molecular weight is 899 g/mol. The van der Waals surface area contributed by atoms with Crippen LogP contribution < -0.4 is 0 Å². The Morgan fingerprint density at radius 3 is 1.71 bits per heavy atom. The Labute approximate surface area is 370 Å². The summed E-state index contributed by atoms with van der Waals surface area (Å²) in [4.78, 5) is 35.7. The molecule has 0 saturated heterocycles. The van der Waals surface area contributed by atoms with Gasteiger partial charge in [-0.3, -0.25) is 18.6 Å². The number of phosphoric ester groups is 1. The molecule has 62 heavy (non-hydrogen) atoms. The van der Waals surface area contributed by atoms with Crippen molar-refractivity contribution >= 4 is 19.8 Å². The van der Waals surface area contributed by atoms with Crippen molar-refractivity contribution in [3.8, 4) is 0 Å². The zero-order chi connectivity index (χ0) is 45.9. The van der Waals surface area contributed by atoms with Gasteiger partial charge in [0.2, 0.25) is 0 Å². The fourth-order valence-corrected chi connectivity index (χ4v) is 7.40. The SMILES string of the molecule is CC/C=C\C/C=C\C/C=C\C/C=C\C=C\C(O)CCCC(=O)OC[C@H](COP(=O)(O)OC1[C@H](O)[C@H](O)C(O)[C@H](O)[C@H]1O)OC(=O)CCCCCCCCC/C=C\CCCCCC. The molecular formula is C47H79O14P. The Kier molecular flexibility index (Phi) is 33.8. The Hall–Kier alpha value is -2.75. The van der Waals surface area contributed by atoms with Gasteiger partial charge < -0.3 is 45.0 Å². The second kappa shape index (κ2) is 36.6. The van der Waals surface area contributed by atoms with Gasteiger partial charge in [0.25, 0.3) is 0 Å². The largest absolute Gasteiger partial charge is 0.472 e. The van der Waals surface area contributed by atoms with E-state index in [0.29, 0.717) is 6.42 Å². The minimum Gasteiger partial charge on any atom is -0.462 e. The molecular weight excluding hydrogens is 819 g/mol. The number of carbonyl (C=O) groups excluding carboxylic acids is 2. The summed E-state index contributed by atoms with van der Waals surface area (Å²) in [6, 6.07) is 0. The van der Waals surface area contributed by atoms with Gasteiger partial charge in [0, 0.05) is 12.8 Å². The molecule has 0 amide bonds. The maximum absolute atomic E-state index is 12.8. The summed E-state index contributed by atoms with van der Waals surface area (Å²) in [6.07, 6.45) is 28.3. The number of allylic oxidation sites excluding steroid dienone is 11. The van der Waals surface area contributed by atoms with Gasteiger partial charge >= 0.3 is 19.8 Å². The van der Waals surface area contributed by atoms with Crippen LogP contribution in [0.3, 0.4) is 0 Å². The molecule has 4 unspecified atom stereocenters. The fourth-order valence-electron chi connectivity index (χ4n) is 6.43. The summed E-state index contributed by atoms with van der Waals surface area (Å²) in [5, 5.41) is 60.4. The number of hydrogen-bond acceptors (Lipinski definition) is 13. The summed E-state index contributed by atoms with van der Waals surface area (Å²) in [6.45, 7) is 2.98. The lowest BCUT2D eigenvalue weighted by atomic mass is 9.85. The first kappa shape index (κ1) is 57.3. The van der Waals surface area contributed by atoms with Crippen LogP contribution in [0.5, 0.6) is 0 Å². The highest BCUT2D eigenvalue weighted by atomic mass is 31.2. The minimum absolute atomic E-state index is 0.0473. The molecule has 356 valence electrons. The number of unbranched alkanes of at least 4 members (excludes halogenated alkanes) is 11. The van der Waals surface area contributed by atoms with Crippen LogP contribution in [0, 0.1) is 0 Å². The third kappa shape index (κ3) is 28.8. The Bertz CT molecular complexity index is 1380. The number of hydrogen-bond donors (Lipinski definition) is 7. The molecule has 0 aromatic rings. The zero-order valence-electron chi connectivity index (χ0n) is 37.2. The molecule has 7 N–H and O–H groups in total. The highest BCUT2D eigenvalue weighted by Crippen LogP contribution is 2.47. The van der Waals surface area contributed by atoms with E-state index in [1.165, 1.54) is 25.7 Å². The molecule has 9 atom stereocenters. The highest BCUT2D eigenvalue weighted by molar-refractivity contribution is 7.47. The lowest BCUT2D eigenvalue weighted by Crippen LogP contribution is -2.64. The van der Waals surface area contributed by atoms with Crippen molar-refractivity contribution < 1.29 is 68.2 Å². The first-order chi connectivity index (χ1) is 29.8. The van der Waals surface area contributed by atoms with Crippen molar-refractivity contribution in [2.45, 2.75) is 198 Å². The Balaban J connectivity index is 2.56. The lowest BCUT2D eigenvalue weighted by Gasteiger charge is -2.41. The first-order valence-electron chi connectivity index (χ1n) is 22.8. The molecule has 0 radical (unpaired) electrons. The molecule has 15 heteroatoms. The van der Waals surface area contributed by atoms with Gasteiger partial charge in [-0.05, 0) is 70.6 Å². The topological polar surface area (TPSA) is 230 Å². The van der Waals surface area contributed by atoms with E-state index in [2.05, 4.69) is 62.5 Å². The molecule has 0 aromatic carbocycles. The van der Waals surface area contributed by atoms with Crippen molar-refractivity contribution in [1.82, 2.24) is 0 Å². The van der Waals surface area contributed by atoms with Gasteiger partial charge in [0.15, 0.2) is 6.10 Å². The van der Waals surface area contributed by atoms with Crippen molar-refractivity contribution in [3.63, 3.8) is 0 Å². The van der Waals surface area contributed by atoms with Crippen molar-refractivity contribution in [2.75, 3.05) is 13.2 Å². The number of rotatable bonds is 36. The standard InChI is InChI=1S/C47H79O14P/c1-3-5-7-9-11-13-15-17-18-20-22-24-26-28-30-34-41(50)60-39(37-59-62(56,57)61-47-45(54)43(52)42(51)44(53)46(47)55)36-58-40(49)35-31-33-38(48)32-29-27-25-23-21-19-16-14-12-10-8-6-4-2/h6,8,12-15,19,21,25,27,29,32,38-39,42-48,51-55H,3-5,7,9-11,16-18,20,22-24,26,28,30-31,33-37H2,1-2H3,(H,56,57)/b8-6-,14-12-,15-13-,21-19-,27-25-,32-29+/t38?,39-,42?,43-,44+,45-,46-,47?/m1/s1. The van der Waals surface area contributed by atoms with E-state index in [9.17, 15) is 49.7 Å². The number of phosphoric acid groups is 1. The smallest absolute Gasteiger partial charge is 0.462 e. The van der Waals surface area contributed by atoms with Crippen LogP contribution in [0.15, 0.2) is 72.9 Å². The maximum Gasteiger partial charge on any atom is 0.472 e. The van der Waals surface area contributed by atoms with Gasteiger partial charge in [-0.15, -0.1) is 0 Å². The quantitative estimate of drug-likeness (QED) is 0.0105. The van der Waals surface area contributed by atoms with Gasteiger partial charge in [-0.25, -0.2) is 4.57 Å². The fraction of sp³-hybridized carbons (Fsp3) is 0.702. The highest BCUT2D eigenvalue weighted by Gasteiger charge is 2.51. The molecule has 0 heterocycles. The summed E-state index contributed by atoms with van der Waals surface area (Å²) >= 11 is 0. The van der Waals surface area contributed by atoms with Crippen LogP contribution in [-0.2, 0) is 32.7 Å². The minimum atomic E-state index is -5.17. The molecule has 1 aliphatic rings. The summed E-state index contributed by atoms with van der Waals surface area (Å²) in [7, 11) is -5.17. The van der Waals surface area contributed by atoms with E-state index < -0.39 is 81.8 Å². The zero-order valence-corrected chi connectivity index (χ0v) is 38.1. The van der Waals surface area contributed by atoms with Crippen LogP contribution in [0.2, 0.25) is 0 Å². The van der Waals surface area contributed by atoms with E-state index in [-0.39, 0.29) is 25.7 Å². The summed E-state index contributed by atoms with van der Waals surface area (Å²) in [5.41, 5.74) is 0.